The fraction of sp³-hybridized carbons (Fsp3) is 0.400. The Kier molecular flexibility index (Phi) is 5.36. The van der Waals surface area contributed by atoms with Gasteiger partial charge in [-0.2, -0.15) is 0 Å². The summed E-state index contributed by atoms with van der Waals surface area (Å²) in [6, 6.07) is 8.57. The summed E-state index contributed by atoms with van der Waals surface area (Å²) in [4.78, 5) is 5.60. The molecule has 2 rings (SSSR count). The fourth-order valence-corrected chi connectivity index (χ4v) is 2.60. The van der Waals surface area contributed by atoms with E-state index in [9.17, 15) is 0 Å². The Morgan fingerprint density at radius 3 is 3.05 bits per heavy atom. The summed E-state index contributed by atoms with van der Waals surface area (Å²) in [5.41, 5.74) is 1.21. The number of ether oxygens (including phenoxy) is 1. The average molecular weight is 276 g/mol. The minimum absolute atomic E-state index is 0.327. The number of nitrogens with zero attached hydrogens (tertiary/aromatic N) is 1. The third-order valence-corrected chi connectivity index (χ3v) is 3.88. The van der Waals surface area contributed by atoms with E-state index in [1.54, 1.807) is 11.3 Å². The van der Waals surface area contributed by atoms with Crippen molar-refractivity contribution in [2.45, 2.75) is 26.3 Å². The van der Waals surface area contributed by atoms with Crippen LogP contribution in [0, 0.1) is 0 Å². The molecule has 0 aliphatic heterocycles. The van der Waals surface area contributed by atoms with Crippen LogP contribution in [0.15, 0.2) is 35.8 Å². The van der Waals surface area contributed by atoms with Crippen LogP contribution in [0.5, 0.6) is 5.88 Å². The first kappa shape index (κ1) is 14.0. The maximum Gasteiger partial charge on any atom is 0.213 e. The summed E-state index contributed by atoms with van der Waals surface area (Å²) < 4.78 is 5.72. The molecule has 0 fully saturated rings. The molecule has 0 amide bonds. The molecule has 102 valence electrons. The van der Waals surface area contributed by atoms with Gasteiger partial charge in [0.1, 0.15) is 0 Å². The monoisotopic (exact) mass is 276 g/mol. The highest BCUT2D eigenvalue weighted by atomic mass is 32.1. The van der Waals surface area contributed by atoms with E-state index in [-0.39, 0.29) is 0 Å². The van der Waals surface area contributed by atoms with Crippen LogP contribution in [0.1, 0.15) is 30.3 Å². The predicted octanol–water partition coefficient (Wildman–Crippen LogP) is 3.44. The lowest BCUT2D eigenvalue weighted by Gasteiger charge is -2.13. The summed E-state index contributed by atoms with van der Waals surface area (Å²) in [5.74, 6) is 0.707. The van der Waals surface area contributed by atoms with Gasteiger partial charge in [0, 0.05) is 29.6 Å². The molecule has 0 aliphatic rings. The fourth-order valence-electron chi connectivity index (χ4n) is 1.91. The number of nitrogens with one attached hydrogen (secondary N) is 1. The highest BCUT2D eigenvalue weighted by Crippen LogP contribution is 2.17. The molecule has 0 aromatic carbocycles. The SMILES string of the molecule is CCNC(C)c1ccnc(OCCc2cccs2)c1. The Morgan fingerprint density at radius 2 is 2.32 bits per heavy atom. The zero-order chi connectivity index (χ0) is 13.5. The Labute approximate surface area is 118 Å². The van der Waals surface area contributed by atoms with Crippen molar-refractivity contribution in [2.75, 3.05) is 13.2 Å². The van der Waals surface area contributed by atoms with E-state index in [2.05, 4.69) is 41.7 Å². The lowest BCUT2D eigenvalue weighted by molar-refractivity contribution is 0.310. The quantitative estimate of drug-likeness (QED) is 0.841. The third kappa shape index (κ3) is 4.33. The molecule has 1 atom stereocenters. The van der Waals surface area contributed by atoms with Gasteiger partial charge in [0.25, 0.3) is 0 Å². The maximum atomic E-state index is 5.72. The minimum atomic E-state index is 0.327. The molecular formula is C15H20N2OS. The lowest BCUT2D eigenvalue weighted by Crippen LogP contribution is -2.17. The molecule has 0 saturated carbocycles. The van der Waals surface area contributed by atoms with Gasteiger partial charge in [0.2, 0.25) is 5.88 Å². The number of rotatable bonds is 7. The van der Waals surface area contributed by atoms with Gasteiger partial charge in [-0.25, -0.2) is 4.98 Å². The molecule has 4 heteroatoms. The first-order valence-corrected chi connectivity index (χ1v) is 7.52. The molecule has 0 bridgehead atoms. The van der Waals surface area contributed by atoms with Crippen LogP contribution < -0.4 is 10.1 Å². The van der Waals surface area contributed by atoms with Crippen molar-refractivity contribution in [3.8, 4) is 5.88 Å². The van der Waals surface area contributed by atoms with Crippen molar-refractivity contribution in [3.63, 3.8) is 0 Å². The second-order valence-corrected chi connectivity index (χ2v) is 5.42. The van der Waals surface area contributed by atoms with E-state index >= 15 is 0 Å². The van der Waals surface area contributed by atoms with Crippen molar-refractivity contribution >= 4 is 11.3 Å². The highest BCUT2D eigenvalue weighted by Gasteiger charge is 2.05. The maximum absolute atomic E-state index is 5.72. The van der Waals surface area contributed by atoms with Crippen molar-refractivity contribution in [1.82, 2.24) is 10.3 Å². The molecule has 0 radical (unpaired) electrons. The summed E-state index contributed by atoms with van der Waals surface area (Å²) in [5, 5.41) is 5.48. The molecule has 1 N–H and O–H groups in total. The van der Waals surface area contributed by atoms with E-state index in [4.69, 9.17) is 4.74 Å². The van der Waals surface area contributed by atoms with Gasteiger partial charge in [-0.3, -0.25) is 0 Å². The van der Waals surface area contributed by atoms with Crippen LogP contribution >= 0.6 is 11.3 Å². The Bertz CT molecular complexity index is 485. The van der Waals surface area contributed by atoms with E-state index in [1.807, 2.05) is 18.3 Å². The molecular weight excluding hydrogens is 256 g/mol. The molecule has 2 aromatic rings. The molecule has 2 aromatic heterocycles. The second-order valence-electron chi connectivity index (χ2n) is 4.38. The van der Waals surface area contributed by atoms with Crippen molar-refractivity contribution in [2.24, 2.45) is 0 Å². The van der Waals surface area contributed by atoms with Gasteiger partial charge in [0.15, 0.2) is 0 Å². The van der Waals surface area contributed by atoms with Gasteiger partial charge in [-0.05, 0) is 36.5 Å². The molecule has 2 heterocycles. The number of hydrogen-bond acceptors (Lipinski definition) is 4. The van der Waals surface area contributed by atoms with Gasteiger partial charge in [0.05, 0.1) is 6.61 Å². The topological polar surface area (TPSA) is 34.2 Å². The summed E-state index contributed by atoms with van der Waals surface area (Å²) in [6.07, 6.45) is 2.75. The lowest BCUT2D eigenvalue weighted by atomic mass is 10.1. The highest BCUT2D eigenvalue weighted by molar-refractivity contribution is 7.09. The van der Waals surface area contributed by atoms with Gasteiger partial charge in [-0.1, -0.05) is 13.0 Å². The second kappa shape index (κ2) is 7.26. The molecule has 19 heavy (non-hydrogen) atoms. The molecule has 3 nitrogen and oxygen atoms in total. The number of hydrogen-bond donors (Lipinski definition) is 1. The third-order valence-electron chi connectivity index (χ3n) is 2.95. The van der Waals surface area contributed by atoms with E-state index in [1.165, 1.54) is 10.4 Å². The largest absolute Gasteiger partial charge is 0.477 e. The average Bonchev–Trinajstić information content (AvgIpc) is 2.93. The first-order valence-electron chi connectivity index (χ1n) is 6.64. The Morgan fingerprint density at radius 1 is 1.42 bits per heavy atom. The van der Waals surface area contributed by atoms with Crippen LogP contribution in [0.4, 0.5) is 0 Å². The molecule has 1 unspecified atom stereocenters. The normalized spacial score (nSPS) is 12.3. The summed E-state index contributed by atoms with van der Waals surface area (Å²) in [6.45, 7) is 5.88. The summed E-state index contributed by atoms with van der Waals surface area (Å²) in [7, 11) is 0. The first-order chi connectivity index (χ1) is 9.29. The minimum Gasteiger partial charge on any atom is -0.477 e. The number of aromatic nitrogens is 1. The predicted molar refractivity (Wildman–Crippen MR) is 79.8 cm³/mol. The smallest absolute Gasteiger partial charge is 0.213 e. The van der Waals surface area contributed by atoms with Crippen LogP contribution in [-0.4, -0.2) is 18.1 Å². The Hall–Kier alpha value is -1.39. The van der Waals surface area contributed by atoms with Crippen molar-refractivity contribution in [3.05, 3.63) is 46.3 Å². The van der Waals surface area contributed by atoms with Crippen molar-refractivity contribution in [1.29, 1.82) is 0 Å². The van der Waals surface area contributed by atoms with Crippen molar-refractivity contribution < 1.29 is 4.74 Å². The standard InChI is InChI=1S/C15H20N2OS/c1-3-16-12(2)13-6-8-17-15(11-13)18-9-7-14-5-4-10-19-14/h4-6,8,10-12,16H,3,7,9H2,1-2H3. The van der Waals surface area contributed by atoms with E-state index in [0.29, 0.717) is 18.5 Å². The van der Waals surface area contributed by atoms with E-state index < -0.39 is 0 Å². The van der Waals surface area contributed by atoms with E-state index in [0.717, 1.165) is 13.0 Å². The molecule has 0 aliphatic carbocycles. The number of pyridine rings is 1. The van der Waals surface area contributed by atoms with Gasteiger partial charge in [-0.15, -0.1) is 11.3 Å². The van der Waals surface area contributed by atoms with Gasteiger partial charge >= 0.3 is 0 Å². The van der Waals surface area contributed by atoms with Crippen LogP contribution in [-0.2, 0) is 6.42 Å². The summed E-state index contributed by atoms with van der Waals surface area (Å²) >= 11 is 1.76. The molecule has 0 saturated heterocycles. The van der Waals surface area contributed by atoms with Crippen LogP contribution in [0.25, 0.3) is 0 Å². The Balaban J connectivity index is 1.88. The zero-order valence-corrected chi connectivity index (χ0v) is 12.2. The zero-order valence-electron chi connectivity index (χ0n) is 11.4. The molecule has 0 spiro atoms. The van der Waals surface area contributed by atoms with Crippen LogP contribution in [0.2, 0.25) is 0 Å². The van der Waals surface area contributed by atoms with Crippen LogP contribution in [0.3, 0.4) is 0 Å². The number of thiophene rings is 1. The van der Waals surface area contributed by atoms with Gasteiger partial charge < -0.3 is 10.1 Å².